The fourth-order valence-corrected chi connectivity index (χ4v) is 6.47. The Morgan fingerprint density at radius 2 is 1.73 bits per heavy atom. The summed E-state index contributed by atoms with van der Waals surface area (Å²) in [6, 6.07) is 29.0. The van der Waals surface area contributed by atoms with E-state index in [1.165, 1.54) is 18.4 Å². The quantitative estimate of drug-likeness (QED) is 0.266. The van der Waals surface area contributed by atoms with Gasteiger partial charge in [0.25, 0.3) is 0 Å². The molecule has 0 spiro atoms. The van der Waals surface area contributed by atoms with Crippen LogP contribution in [0.1, 0.15) is 43.4 Å². The van der Waals surface area contributed by atoms with Crippen molar-refractivity contribution < 1.29 is 9.53 Å². The van der Waals surface area contributed by atoms with Crippen molar-refractivity contribution in [3.63, 3.8) is 0 Å². The molecule has 0 N–H and O–H groups in total. The molecule has 5 atom stereocenters. The lowest BCUT2D eigenvalue weighted by molar-refractivity contribution is -0.157. The number of hydrogen-bond donors (Lipinski definition) is 0. The highest BCUT2D eigenvalue weighted by Gasteiger charge is 2.44. The first-order valence-corrected chi connectivity index (χ1v) is 13.6. The number of piperidine rings is 3. The second-order valence-corrected chi connectivity index (χ2v) is 10.6. The fraction of sp³-hybridized carbons (Fsp3) is 0.333. The highest BCUT2D eigenvalue weighted by atomic mass is 16.5. The van der Waals surface area contributed by atoms with E-state index in [1.807, 2.05) is 54.7 Å². The van der Waals surface area contributed by atoms with Crippen molar-refractivity contribution in [2.75, 3.05) is 13.1 Å². The average Bonchev–Trinajstić information content (AvgIpc) is 2.96. The Morgan fingerprint density at radius 1 is 0.973 bits per heavy atom. The van der Waals surface area contributed by atoms with E-state index in [2.05, 4.69) is 53.2 Å². The van der Waals surface area contributed by atoms with Crippen LogP contribution in [0.25, 0.3) is 22.0 Å². The Labute approximate surface area is 219 Å². The minimum absolute atomic E-state index is 0.173. The number of rotatable bonds is 7. The van der Waals surface area contributed by atoms with Crippen molar-refractivity contribution in [3.05, 3.63) is 102 Å². The minimum Gasteiger partial charge on any atom is -0.456 e. The molecular weight excluding hydrogens is 456 g/mol. The molecule has 4 aromatic rings. The summed E-state index contributed by atoms with van der Waals surface area (Å²) in [4.78, 5) is 20.5. The molecule has 2 bridgehead atoms. The van der Waals surface area contributed by atoms with Gasteiger partial charge < -0.3 is 4.74 Å². The van der Waals surface area contributed by atoms with Crippen LogP contribution in [-0.4, -0.2) is 35.0 Å². The number of para-hydroxylation sites is 1. The second-order valence-electron chi connectivity index (χ2n) is 10.6. The summed E-state index contributed by atoms with van der Waals surface area (Å²) in [5.41, 5.74) is 5.31. The molecule has 3 aliphatic heterocycles. The number of ether oxygens (including phenoxy) is 1. The molecule has 4 heteroatoms. The minimum atomic E-state index is -0.301. The number of aromatic nitrogens is 1. The van der Waals surface area contributed by atoms with Gasteiger partial charge in [0.15, 0.2) is 0 Å². The Kier molecular flexibility index (Phi) is 6.75. The standard InChI is InChI=1S/C33H34N2O2/c1-2-24-22-35-19-17-27(24)21-31(35)33(29-16-18-34-30-11-7-6-10-28(29)30)37-32(36)20-23-12-14-26(15-13-23)25-8-4-3-5-9-25/h3-16,18,24,27,31,33H,2,17,19-22H2,1H3/t24-,27-,31-,33+/m0/s1. The Bertz CT molecular complexity index is 1360. The molecule has 37 heavy (non-hydrogen) atoms. The van der Waals surface area contributed by atoms with Crippen molar-refractivity contribution in [2.24, 2.45) is 11.8 Å². The van der Waals surface area contributed by atoms with E-state index in [1.54, 1.807) is 0 Å². The van der Waals surface area contributed by atoms with Crippen molar-refractivity contribution in [1.82, 2.24) is 9.88 Å². The number of fused-ring (bicyclic) bond motifs is 4. The van der Waals surface area contributed by atoms with Crippen LogP contribution in [0.15, 0.2) is 91.1 Å². The lowest BCUT2D eigenvalue weighted by atomic mass is 9.72. The summed E-state index contributed by atoms with van der Waals surface area (Å²) in [5.74, 6) is 1.28. The molecule has 4 nitrogen and oxygen atoms in total. The lowest BCUT2D eigenvalue weighted by Gasteiger charge is -2.51. The molecule has 7 rings (SSSR count). The number of hydrogen-bond acceptors (Lipinski definition) is 4. The van der Waals surface area contributed by atoms with Crippen molar-refractivity contribution in [1.29, 1.82) is 0 Å². The van der Waals surface area contributed by atoms with Crippen molar-refractivity contribution in [3.8, 4) is 11.1 Å². The maximum atomic E-state index is 13.4. The molecule has 3 fully saturated rings. The topological polar surface area (TPSA) is 42.4 Å². The van der Waals surface area contributed by atoms with Crippen LogP contribution in [-0.2, 0) is 16.0 Å². The fourth-order valence-electron chi connectivity index (χ4n) is 6.47. The number of pyridine rings is 1. The Balaban J connectivity index is 1.26. The van der Waals surface area contributed by atoms with Gasteiger partial charge >= 0.3 is 5.97 Å². The molecule has 0 amide bonds. The SMILES string of the molecule is CC[C@H]1CN2CC[C@H]1C[C@H]2[C@H](OC(=O)Cc1ccc(-c2ccccc2)cc1)c1ccnc2ccccc12. The van der Waals surface area contributed by atoms with Crippen LogP contribution >= 0.6 is 0 Å². The summed E-state index contributed by atoms with van der Waals surface area (Å²) in [6.07, 6.45) is 5.37. The summed E-state index contributed by atoms with van der Waals surface area (Å²) in [7, 11) is 0. The van der Waals surface area contributed by atoms with E-state index in [0.717, 1.165) is 53.0 Å². The highest BCUT2D eigenvalue weighted by Crippen LogP contribution is 2.44. The number of benzene rings is 3. The zero-order valence-corrected chi connectivity index (χ0v) is 21.4. The van der Waals surface area contributed by atoms with E-state index in [0.29, 0.717) is 5.92 Å². The van der Waals surface area contributed by atoms with E-state index in [4.69, 9.17) is 4.74 Å². The van der Waals surface area contributed by atoms with Gasteiger partial charge in [0, 0.05) is 23.7 Å². The Hall–Kier alpha value is -3.50. The van der Waals surface area contributed by atoms with Gasteiger partial charge in [-0.3, -0.25) is 14.7 Å². The van der Waals surface area contributed by atoms with E-state index < -0.39 is 0 Å². The van der Waals surface area contributed by atoms with Gasteiger partial charge in [0.05, 0.1) is 18.0 Å². The normalized spacial score (nSPS) is 23.6. The number of carbonyl (C=O) groups excluding carboxylic acids is 1. The van der Waals surface area contributed by atoms with Gasteiger partial charge in [-0.05, 0) is 60.0 Å². The number of nitrogens with zero attached hydrogens (tertiary/aromatic N) is 2. The van der Waals surface area contributed by atoms with Crippen LogP contribution in [0.4, 0.5) is 0 Å². The van der Waals surface area contributed by atoms with Crippen molar-refractivity contribution in [2.45, 2.75) is 44.8 Å². The first-order valence-electron chi connectivity index (χ1n) is 13.6. The zero-order valence-electron chi connectivity index (χ0n) is 21.4. The predicted octanol–water partition coefficient (Wildman–Crippen LogP) is 6.85. The molecule has 3 aromatic carbocycles. The van der Waals surface area contributed by atoms with Gasteiger partial charge in [-0.25, -0.2) is 0 Å². The molecule has 3 aliphatic rings. The molecule has 0 radical (unpaired) electrons. The molecule has 0 saturated carbocycles. The van der Waals surface area contributed by atoms with Crippen LogP contribution in [0, 0.1) is 11.8 Å². The average molecular weight is 491 g/mol. The second kappa shape index (κ2) is 10.5. The third kappa shape index (κ3) is 4.91. The first kappa shape index (κ1) is 23.9. The van der Waals surface area contributed by atoms with Crippen LogP contribution in [0.3, 0.4) is 0 Å². The third-order valence-corrected chi connectivity index (χ3v) is 8.47. The number of esters is 1. The molecule has 3 saturated heterocycles. The van der Waals surface area contributed by atoms with Crippen molar-refractivity contribution >= 4 is 16.9 Å². The molecule has 0 aliphatic carbocycles. The van der Waals surface area contributed by atoms with E-state index in [9.17, 15) is 4.79 Å². The maximum Gasteiger partial charge on any atom is 0.310 e. The van der Waals surface area contributed by atoms with Gasteiger partial charge in [0.2, 0.25) is 0 Å². The van der Waals surface area contributed by atoms with Gasteiger partial charge in [-0.15, -0.1) is 0 Å². The smallest absolute Gasteiger partial charge is 0.310 e. The molecule has 1 aromatic heterocycles. The van der Waals surface area contributed by atoms with Crippen LogP contribution in [0.2, 0.25) is 0 Å². The van der Waals surface area contributed by atoms with Gasteiger partial charge in [0.1, 0.15) is 6.10 Å². The lowest BCUT2D eigenvalue weighted by Crippen LogP contribution is -2.55. The van der Waals surface area contributed by atoms with Gasteiger partial charge in [-0.2, -0.15) is 0 Å². The summed E-state index contributed by atoms with van der Waals surface area (Å²) in [5, 5.41) is 1.07. The zero-order chi connectivity index (χ0) is 25.2. The predicted molar refractivity (Wildman–Crippen MR) is 148 cm³/mol. The molecule has 4 heterocycles. The summed E-state index contributed by atoms with van der Waals surface area (Å²) < 4.78 is 6.42. The van der Waals surface area contributed by atoms with E-state index >= 15 is 0 Å². The first-order chi connectivity index (χ1) is 18.2. The van der Waals surface area contributed by atoms with E-state index in [-0.39, 0.29) is 24.5 Å². The monoisotopic (exact) mass is 490 g/mol. The highest BCUT2D eigenvalue weighted by molar-refractivity contribution is 5.83. The van der Waals surface area contributed by atoms with Crippen LogP contribution < -0.4 is 0 Å². The largest absolute Gasteiger partial charge is 0.456 e. The van der Waals surface area contributed by atoms with Crippen LogP contribution in [0.5, 0.6) is 0 Å². The molecule has 188 valence electrons. The Morgan fingerprint density at radius 3 is 2.49 bits per heavy atom. The number of carbonyl (C=O) groups is 1. The maximum absolute atomic E-state index is 13.4. The molecular formula is C33H34N2O2. The summed E-state index contributed by atoms with van der Waals surface area (Å²) in [6.45, 7) is 4.49. The summed E-state index contributed by atoms with van der Waals surface area (Å²) >= 11 is 0. The van der Waals surface area contributed by atoms with Gasteiger partial charge in [-0.1, -0.05) is 86.1 Å². The third-order valence-electron chi connectivity index (χ3n) is 8.47. The molecule has 1 unspecified atom stereocenters.